The van der Waals surface area contributed by atoms with Crippen LogP contribution in [-0.4, -0.2) is 36.7 Å². The number of hydrogen-bond donors (Lipinski definition) is 3. The van der Waals surface area contributed by atoms with Crippen molar-refractivity contribution < 1.29 is 18.0 Å². The highest BCUT2D eigenvalue weighted by atomic mass is 32.2. The lowest BCUT2D eigenvalue weighted by Gasteiger charge is -2.09. The predicted molar refractivity (Wildman–Crippen MR) is 105 cm³/mol. The number of carbonyl (C=O) groups excluding carboxylic acids is 2. The maximum atomic E-state index is 12.5. The van der Waals surface area contributed by atoms with E-state index in [-0.39, 0.29) is 21.7 Å². The maximum absolute atomic E-state index is 12.5. The van der Waals surface area contributed by atoms with Crippen LogP contribution in [0.1, 0.15) is 20.0 Å². The molecule has 0 radical (unpaired) electrons. The van der Waals surface area contributed by atoms with Gasteiger partial charge in [0.2, 0.25) is 20.3 Å². The van der Waals surface area contributed by atoms with Crippen molar-refractivity contribution in [3.05, 3.63) is 52.2 Å². The van der Waals surface area contributed by atoms with Crippen molar-refractivity contribution in [1.29, 1.82) is 0 Å². The summed E-state index contributed by atoms with van der Waals surface area (Å²) in [5.41, 5.74) is 0.572. The number of para-hydroxylation sites is 1. The number of hydrogen-bond acceptors (Lipinski definition) is 8. The van der Waals surface area contributed by atoms with Gasteiger partial charge < -0.3 is 5.32 Å². The first-order valence-corrected chi connectivity index (χ1v) is 11.0. The number of amides is 2. The standard InChI is InChI=1S/C15H13N5O4S3/c1-27(23,24)20-15-19-18-14(26-15)17-12(21)9-5-2-3-6-10(9)16-13(22)11-7-4-8-25-11/h2-8H,1H3,(H,16,22)(H,19,20)(H,17,18,21). The minimum absolute atomic E-state index is 0.0343. The van der Waals surface area contributed by atoms with Crippen LogP contribution >= 0.6 is 22.7 Å². The molecule has 0 saturated carbocycles. The molecule has 3 N–H and O–H groups in total. The van der Waals surface area contributed by atoms with Gasteiger partial charge in [0, 0.05) is 0 Å². The van der Waals surface area contributed by atoms with Crippen LogP contribution in [-0.2, 0) is 10.0 Å². The normalized spacial score (nSPS) is 11.0. The van der Waals surface area contributed by atoms with E-state index in [9.17, 15) is 18.0 Å². The highest BCUT2D eigenvalue weighted by Gasteiger charge is 2.17. The Kier molecular flexibility index (Phi) is 5.48. The van der Waals surface area contributed by atoms with Crippen LogP contribution in [0.15, 0.2) is 41.8 Å². The third-order valence-corrected chi connectivity index (χ3v) is 5.40. The topological polar surface area (TPSA) is 130 Å². The second kappa shape index (κ2) is 7.82. The average molecular weight is 424 g/mol. The summed E-state index contributed by atoms with van der Waals surface area (Å²) in [4.78, 5) is 25.3. The third kappa shape index (κ3) is 5.09. The van der Waals surface area contributed by atoms with Gasteiger partial charge in [0.05, 0.1) is 22.4 Å². The third-order valence-electron chi connectivity index (χ3n) is 3.08. The number of nitrogens with zero attached hydrogens (tertiary/aromatic N) is 2. The highest BCUT2D eigenvalue weighted by molar-refractivity contribution is 7.92. The molecule has 27 heavy (non-hydrogen) atoms. The number of thiophene rings is 1. The van der Waals surface area contributed by atoms with E-state index in [1.165, 1.54) is 11.3 Å². The quantitative estimate of drug-likeness (QED) is 0.558. The first-order valence-electron chi connectivity index (χ1n) is 7.38. The van der Waals surface area contributed by atoms with Crippen molar-refractivity contribution in [3.63, 3.8) is 0 Å². The zero-order chi connectivity index (χ0) is 19.4. The fourth-order valence-corrected chi connectivity index (χ4v) is 4.11. The minimum atomic E-state index is -3.49. The molecule has 2 heterocycles. The number of rotatable bonds is 6. The Morgan fingerprint density at radius 1 is 0.963 bits per heavy atom. The van der Waals surface area contributed by atoms with Gasteiger partial charge in [0.1, 0.15) is 0 Å². The number of benzene rings is 1. The molecule has 2 aromatic heterocycles. The van der Waals surface area contributed by atoms with Gasteiger partial charge in [-0.2, -0.15) is 0 Å². The summed E-state index contributed by atoms with van der Waals surface area (Å²) in [6.07, 6.45) is 0.985. The van der Waals surface area contributed by atoms with Crippen LogP contribution in [0.4, 0.5) is 16.0 Å². The van der Waals surface area contributed by atoms with Crippen molar-refractivity contribution in [2.75, 3.05) is 21.6 Å². The molecule has 3 rings (SSSR count). The predicted octanol–water partition coefficient (Wildman–Crippen LogP) is 2.48. The molecule has 9 nitrogen and oxygen atoms in total. The fourth-order valence-electron chi connectivity index (χ4n) is 2.02. The van der Waals surface area contributed by atoms with E-state index in [1.54, 1.807) is 41.8 Å². The molecule has 0 fully saturated rings. The van der Waals surface area contributed by atoms with Gasteiger partial charge in [-0.05, 0) is 23.6 Å². The first-order chi connectivity index (χ1) is 12.8. The van der Waals surface area contributed by atoms with E-state index in [2.05, 4.69) is 25.6 Å². The van der Waals surface area contributed by atoms with Crippen LogP contribution in [0.2, 0.25) is 0 Å². The van der Waals surface area contributed by atoms with Crippen LogP contribution in [0.3, 0.4) is 0 Å². The summed E-state index contributed by atoms with van der Waals surface area (Å²) in [5, 5.41) is 14.5. The molecule has 0 spiro atoms. The minimum Gasteiger partial charge on any atom is -0.321 e. The lowest BCUT2D eigenvalue weighted by atomic mass is 10.1. The summed E-state index contributed by atoms with van der Waals surface area (Å²) in [5.74, 6) is -0.833. The Labute approximate surface area is 162 Å². The van der Waals surface area contributed by atoms with Crippen molar-refractivity contribution in [2.45, 2.75) is 0 Å². The van der Waals surface area contributed by atoms with Crippen LogP contribution in [0.25, 0.3) is 0 Å². The molecule has 140 valence electrons. The number of aromatic nitrogens is 2. The summed E-state index contributed by atoms with van der Waals surface area (Å²) in [7, 11) is -3.49. The van der Waals surface area contributed by atoms with Gasteiger partial charge in [-0.1, -0.05) is 29.5 Å². The lowest BCUT2D eigenvalue weighted by Crippen LogP contribution is -2.17. The van der Waals surface area contributed by atoms with Gasteiger partial charge in [-0.15, -0.1) is 21.5 Å². The molecule has 1 aromatic carbocycles. The molecule has 0 aliphatic heterocycles. The Bertz CT molecular complexity index is 1080. The van der Waals surface area contributed by atoms with Crippen molar-refractivity contribution in [1.82, 2.24) is 10.2 Å². The summed E-state index contributed by atoms with van der Waals surface area (Å²) < 4.78 is 24.6. The number of nitrogens with one attached hydrogen (secondary N) is 3. The van der Waals surface area contributed by atoms with Crippen molar-refractivity contribution in [2.24, 2.45) is 0 Å². The highest BCUT2D eigenvalue weighted by Crippen LogP contribution is 2.23. The molecule has 0 saturated heterocycles. The van der Waals surface area contributed by atoms with Crippen LogP contribution in [0, 0.1) is 0 Å². The SMILES string of the molecule is CS(=O)(=O)Nc1nnc(NC(=O)c2ccccc2NC(=O)c2cccs2)s1. The maximum Gasteiger partial charge on any atom is 0.265 e. The molecule has 0 aliphatic carbocycles. The van der Waals surface area contributed by atoms with Gasteiger partial charge in [0.15, 0.2) is 0 Å². The zero-order valence-corrected chi connectivity index (χ0v) is 16.2. The molecule has 12 heteroatoms. The summed E-state index contributed by atoms with van der Waals surface area (Å²) >= 11 is 2.16. The van der Waals surface area contributed by atoms with E-state index < -0.39 is 15.9 Å². The Hall–Kier alpha value is -2.83. The molecule has 0 aliphatic rings. The summed E-state index contributed by atoms with van der Waals surface area (Å²) in [6.45, 7) is 0. The second-order valence-electron chi connectivity index (χ2n) is 5.22. The Balaban J connectivity index is 1.75. The van der Waals surface area contributed by atoms with Crippen molar-refractivity contribution >= 4 is 60.5 Å². The van der Waals surface area contributed by atoms with E-state index in [0.29, 0.717) is 10.6 Å². The van der Waals surface area contributed by atoms with Crippen molar-refractivity contribution in [3.8, 4) is 0 Å². The molecule has 3 aromatic rings. The fraction of sp³-hybridized carbons (Fsp3) is 0.0667. The van der Waals surface area contributed by atoms with Gasteiger partial charge >= 0.3 is 0 Å². The number of carbonyl (C=O) groups is 2. The van der Waals surface area contributed by atoms with E-state index in [1.807, 2.05) is 0 Å². The molecule has 0 atom stereocenters. The monoisotopic (exact) mass is 423 g/mol. The van der Waals surface area contributed by atoms with E-state index in [4.69, 9.17) is 0 Å². The molecular formula is C15H13N5O4S3. The molecule has 0 unspecified atom stereocenters. The first kappa shape index (κ1) is 18.9. The number of anilines is 3. The van der Waals surface area contributed by atoms with Gasteiger partial charge in [-0.25, -0.2) is 8.42 Å². The molecule has 2 amide bonds. The Morgan fingerprint density at radius 3 is 2.41 bits per heavy atom. The van der Waals surface area contributed by atoms with Crippen LogP contribution < -0.4 is 15.4 Å². The number of sulfonamides is 1. The smallest absolute Gasteiger partial charge is 0.265 e. The molecule has 0 bridgehead atoms. The van der Waals surface area contributed by atoms with E-state index in [0.717, 1.165) is 17.6 Å². The Morgan fingerprint density at radius 2 is 1.70 bits per heavy atom. The largest absolute Gasteiger partial charge is 0.321 e. The molecular weight excluding hydrogens is 410 g/mol. The van der Waals surface area contributed by atoms with Gasteiger partial charge in [-0.3, -0.25) is 19.6 Å². The summed E-state index contributed by atoms with van der Waals surface area (Å²) in [6, 6.07) is 9.95. The van der Waals surface area contributed by atoms with E-state index >= 15 is 0 Å². The van der Waals surface area contributed by atoms with Gasteiger partial charge in [0.25, 0.3) is 11.8 Å². The second-order valence-corrected chi connectivity index (χ2v) is 8.89. The zero-order valence-electron chi connectivity index (χ0n) is 13.8. The van der Waals surface area contributed by atoms with Crippen LogP contribution in [0.5, 0.6) is 0 Å². The average Bonchev–Trinajstić information content (AvgIpc) is 3.26. The lowest BCUT2D eigenvalue weighted by molar-refractivity contribution is 0.102.